The van der Waals surface area contributed by atoms with Gasteiger partial charge < -0.3 is 68.8 Å². The number of carboxylic acids is 1. The number of halogens is 1. The minimum Gasteiger partial charge on any atom is -0.480 e. The molecule has 3 amide bonds. The molecule has 0 fully saturated rings. The maximum absolute atomic E-state index is 14.0. The molecule has 2 heterocycles. The van der Waals surface area contributed by atoms with Crippen molar-refractivity contribution in [1.29, 1.82) is 0 Å². The van der Waals surface area contributed by atoms with Crippen LogP contribution < -0.4 is 16.6 Å². The molecule has 0 aliphatic carbocycles. The minimum absolute atomic E-state index is 0.0634. The molecule has 8 aromatic carbocycles. The number of thiazole rings is 1. The Morgan fingerprint density at radius 3 is 1.22 bits per heavy atom. The average Bonchev–Trinajstić information content (AvgIpc) is 1.08. The van der Waals surface area contributed by atoms with E-state index in [0.29, 0.717) is 94.9 Å². The molecule has 0 aliphatic heterocycles. The highest BCUT2D eigenvalue weighted by atomic mass is 79.9. The Labute approximate surface area is 781 Å². The number of carbonyl (C=O) groups excluding carboxylic acids is 6. The lowest BCUT2D eigenvalue weighted by Gasteiger charge is -2.30. The van der Waals surface area contributed by atoms with Crippen molar-refractivity contribution >= 4 is 90.0 Å². The van der Waals surface area contributed by atoms with E-state index < -0.39 is 52.9 Å². The molecule has 27 heteroatoms. The summed E-state index contributed by atoms with van der Waals surface area (Å²) in [5.41, 5.74) is 16.9. The molecule has 130 heavy (non-hydrogen) atoms. The van der Waals surface area contributed by atoms with Gasteiger partial charge in [0.25, 0.3) is 5.56 Å². The van der Waals surface area contributed by atoms with E-state index in [1.54, 1.807) is 46.7 Å². The fourth-order valence-electron chi connectivity index (χ4n) is 12.7. The fraction of sp³-hybridized carbons (Fsp3) is 0.437. The topological polar surface area (TPSA) is 309 Å². The number of para-hydroxylation sites is 1. The maximum Gasteiger partial charge on any atom is 0.329 e. The van der Waals surface area contributed by atoms with Gasteiger partial charge in [-0.1, -0.05) is 192 Å². The van der Waals surface area contributed by atoms with Crippen LogP contribution in [0.3, 0.4) is 0 Å². The molecule has 25 nitrogen and oxygen atoms in total. The Balaban J connectivity index is 0.000000303. The molecule has 0 radical (unpaired) electrons. The minimum atomic E-state index is -1.02. The largest absolute Gasteiger partial charge is 0.480 e. The van der Waals surface area contributed by atoms with Crippen LogP contribution in [0.2, 0.25) is 0 Å². The fourth-order valence-corrected chi connectivity index (χ4v) is 13.6. The summed E-state index contributed by atoms with van der Waals surface area (Å²) < 4.78 is 44.7. The number of nitrogens with zero attached hydrogens (tertiary/aromatic N) is 6. The normalized spacial score (nSPS) is 12.3. The van der Waals surface area contributed by atoms with E-state index >= 15 is 0 Å². The van der Waals surface area contributed by atoms with Crippen molar-refractivity contribution in [3.05, 3.63) is 245 Å². The first-order chi connectivity index (χ1) is 61.9. The lowest BCUT2D eigenvalue weighted by atomic mass is 10.0. The number of rotatable bonds is 38. The third-order valence-corrected chi connectivity index (χ3v) is 20.5. The molecule has 5 atom stereocenters. The molecule has 0 bridgehead atoms. The number of fused-ring (bicyclic) bond motifs is 2. The predicted octanol–water partition coefficient (Wildman–Crippen LogP) is 18.0. The number of hydrogen-bond acceptors (Lipinski definition) is 21. The number of nitrogens with one attached hydrogen (secondary N) is 1. The number of aromatic nitrogens is 3. The molecule has 0 aliphatic rings. The van der Waals surface area contributed by atoms with E-state index in [4.69, 9.17) is 48.6 Å². The SMILES string of the molecule is CCOCCBr.CCOCCN(C(=O)Cc1ccc(-c2ccccc2)cc1)[C@H](C)C(=O)O.CCOCCN(C(=O)Cc1ccc(-c2ccccc2)cc1)[C@H](C)C(=O)OC(C)(C)C.CCOCCN(C(=O)Cc1ccc(-c2ccccc2)cc1)[C@H](C)c1nc2ccccc2c(=O)n1-c1ccc2ncsc2c1.CCOCCN[C@H](C)C(=O)OC(C)(C)C.C[C@@H](N)C(=O)OC(C)(C)C. The summed E-state index contributed by atoms with van der Waals surface area (Å²) in [5, 5.41) is 13.8. The molecule has 0 saturated heterocycles. The van der Waals surface area contributed by atoms with Gasteiger partial charge in [-0.15, -0.1) is 11.3 Å². The van der Waals surface area contributed by atoms with Gasteiger partial charge in [-0.25, -0.2) is 19.6 Å². The first-order valence-corrected chi connectivity index (χ1v) is 46.4. The monoisotopic (exact) mass is 1870 g/mol. The van der Waals surface area contributed by atoms with Crippen LogP contribution >= 0.6 is 27.3 Å². The molecule has 704 valence electrons. The van der Waals surface area contributed by atoms with Crippen LogP contribution in [-0.4, -0.2) is 214 Å². The van der Waals surface area contributed by atoms with Crippen LogP contribution in [0.1, 0.15) is 160 Å². The summed E-state index contributed by atoms with van der Waals surface area (Å²) in [7, 11) is 0. The smallest absolute Gasteiger partial charge is 0.329 e. The Kier molecular flexibility index (Phi) is 48.5. The number of esters is 3. The van der Waals surface area contributed by atoms with Crippen LogP contribution in [-0.2, 0) is 90.7 Å². The highest BCUT2D eigenvalue weighted by Crippen LogP contribution is 2.29. The number of alkyl halides is 1. The molecule has 0 unspecified atom stereocenters. The maximum atomic E-state index is 14.0. The number of ether oxygens (including phenoxy) is 8. The Morgan fingerprint density at radius 1 is 0.454 bits per heavy atom. The summed E-state index contributed by atoms with van der Waals surface area (Å²) in [6.07, 6.45) is 0.601. The predicted molar refractivity (Wildman–Crippen MR) is 522 cm³/mol. The van der Waals surface area contributed by atoms with Crippen molar-refractivity contribution in [2.24, 2.45) is 5.73 Å². The number of aliphatic carboxylic acids is 1. The van der Waals surface area contributed by atoms with Gasteiger partial charge in [-0.2, -0.15) is 0 Å². The highest BCUT2D eigenvalue weighted by Gasteiger charge is 2.32. The number of hydrogen-bond donors (Lipinski definition) is 3. The van der Waals surface area contributed by atoms with E-state index in [-0.39, 0.29) is 67.1 Å². The first kappa shape index (κ1) is 110. The van der Waals surface area contributed by atoms with Gasteiger partial charge in [0.15, 0.2) is 0 Å². The summed E-state index contributed by atoms with van der Waals surface area (Å²) in [6.45, 7) is 42.0. The van der Waals surface area contributed by atoms with Crippen LogP contribution in [0.25, 0.3) is 60.2 Å². The van der Waals surface area contributed by atoms with Crippen molar-refractivity contribution in [3.63, 3.8) is 0 Å². The zero-order valence-corrected chi connectivity index (χ0v) is 81.8. The van der Waals surface area contributed by atoms with Gasteiger partial charge in [-0.05, 0) is 212 Å². The molecule has 2 aromatic heterocycles. The van der Waals surface area contributed by atoms with Crippen LogP contribution in [0.4, 0.5) is 0 Å². The lowest BCUT2D eigenvalue weighted by Crippen LogP contribution is -2.47. The third-order valence-electron chi connectivity index (χ3n) is 19.4. The lowest BCUT2D eigenvalue weighted by molar-refractivity contribution is -0.164. The standard InChI is InChI=1S/C35H32N4O3S.C25H33NO4.C21H25NO4.C11H23NO3.C7H15NO2.C4H9BrO/c1-3-42-20-19-38(33(40)21-25-13-15-27(16-14-25)26-9-5-4-6-10-26)24(2)34-37-30-12-8-7-11-29(30)35(41)39(34)28-17-18-31-32(22-28)43-23-36-31;1-6-29-17-16-26(19(2)24(28)30-25(3,4)5)23(27)18-20-12-14-22(15-13-20)21-10-8-7-9-11-21;1-3-26-14-13-22(16(2)21(24)25)20(23)15-17-9-11-19(12-10-17)18-7-5-4-6-8-18;1-6-14-8-7-12-9(2)10(13)15-11(3,4)5;1-5(8)6(9)10-7(2,3)4;1-2-6-4-3-5/h4-18,22-24H,3,19-21H2,1-2H3;7-15,19H,6,16-18H2,1-5H3;4-12,16H,3,13-15H2,1-2H3,(H,24,25);9,12H,6-8H2,1-5H3;5H,8H2,1-4H3;2-4H2,1H3/t24-;19-;16-;9-;5-;/m11111./s1. The van der Waals surface area contributed by atoms with Crippen molar-refractivity contribution in [2.75, 3.05) is 97.6 Å². The summed E-state index contributed by atoms with van der Waals surface area (Å²) in [5.74, 6) is -1.91. The van der Waals surface area contributed by atoms with Crippen LogP contribution in [0.15, 0.2) is 217 Å². The van der Waals surface area contributed by atoms with E-state index in [2.05, 4.69) is 50.5 Å². The second-order valence-electron chi connectivity index (χ2n) is 33.2. The van der Waals surface area contributed by atoms with E-state index in [1.165, 1.54) is 23.2 Å². The number of nitrogens with two attached hydrogens (primary N) is 1. The molecule has 0 saturated carbocycles. The van der Waals surface area contributed by atoms with E-state index in [9.17, 15) is 43.5 Å². The van der Waals surface area contributed by atoms with Gasteiger partial charge in [0.2, 0.25) is 17.7 Å². The quantitative estimate of drug-likeness (QED) is 0.0140. The summed E-state index contributed by atoms with van der Waals surface area (Å²) in [4.78, 5) is 114. The summed E-state index contributed by atoms with van der Waals surface area (Å²) in [6, 6.07) is 64.3. The average molecular weight is 1870 g/mol. The number of amides is 3. The third kappa shape index (κ3) is 39.5. The van der Waals surface area contributed by atoms with Gasteiger partial charge in [0, 0.05) is 64.5 Å². The molecule has 10 aromatic rings. The van der Waals surface area contributed by atoms with E-state index in [1.807, 2.05) is 280 Å². The zero-order valence-electron chi connectivity index (χ0n) is 79.3. The Hall–Kier alpha value is -10.7. The van der Waals surface area contributed by atoms with Gasteiger partial charge in [-0.3, -0.25) is 33.3 Å². The zero-order chi connectivity index (χ0) is 95.9. The Morgan fingerprint density at radius 2 is 0.823 bits per heavy atom. The van der Waals surface area contributed by atoms with Gasteiger partial charge >= 0.3 is 23.9 Å². The summed E-state index contributed by atoms with van der Waals surface area (Å²) >= 11 is 4.74. The molecule has 0 spiro atoms. The van der Waals surface area contributed by atoms with Crippen LogP contribution in [0, 0.1) is 0 Å². The number of carboxylic acid groups (broad SMARTS) is 1. The van der Waals surface area contributed by atoms with Gasteiger partial charge in [0.1, 0.15) is 46.8 Å². The van der Waals surface area contributed by atoms with E-state index in [0.717, 1.165) is 78.8 Å². The first-order valence-electron chi connectivity index (χ1n) is 44.4. The highest BCUT2D eigenvalue weighted by molar-refractivity contribution is 9.09. The second kappa shape index (κ2) is 57.5. The molecular weight excluding hydrogens is 1730 g/mol. The van der Waals surface area contributed by atoms with Gasteiger partial charge in [0.05, 0.1) is 90.7 Å². The van der Waals surface area contributed by atoms with Crippen molar-refractivity contribution in [1.82, 2.24) is 34.6 Å². The number of benzene rings is 8. The molecular formula is C103H137BrN8O17S. The molecule has 10 rings (SSSR count). The van der Waals surface area contributed by atoms with Crippen LogP contribution in [0.5, 0.6) is 0 Å². The Bertz CT molecular complexity index is 5080. The van der Waals surface area contributed by atoms with Crippen molar-refractivity contribution in [2.45, 2.75) is 198 Å². The number of carbonyl (C=O) groups is 7. The van der Waals surface area contributed by atoms with Crippen molar-refractivity contribution in [3.8, 4) is 39.1 Å². The molecule has 4 N–H and O–H groups in total. The van der Waals surface area contributed by atoms with Crippen molar-refractivity contribution < 1.29 is 76.6 Å². The second-order valence-corrected chi connectivity index (χ2v) is 34.9.